The van der Waals surface area contributed by atoms with Crippen molar-refractivity contribution in [3.05, 3.63) is 121 Å². The third-order valence-corrected chi connectivity index (χ3v) is 15.8. The quantitative estimate of drug-likeness (QED) is 0.0820. The monoisotopic (exact) mass is 724 g/mol. The van der Waals surface area contributed by atoms with Gasteiger partial charge in [-0.05, 0) is 62.2 Å². The van der Waals surface area contributed by atoms with Gasteiger partial charge in [0.1, 0.15) is 0 Å². The topological polar surface area (TPSA) is 90.5 Å². The second-order valence-corrected chi connectivity index (χ2v) is 18.6. The summed E-state index contributed by atoms with van der Waals surface area (Å²) < 4.78 is 0. The molecule has 2 saturated heterocycles. The van der Waals surface area contributed by atoms with Crippen molar-refractivity contribution in [3.8, 4) is 0 Å². The summed E-state index contributed by atoms with van der Waals surface area (Å²) in [6.07, 6.45) is 4.71. The molecule has 0 radical (unpaired) electrons. The lowest BCUT2D eigenvalue weighted by Crippen LogP contribution is -2.43. The van der Waals surface area contributed by atoms with E-state index >= 15 is 0 Å². The predicted molar refractivity (Wildman–Crippen MR) is 211 cm³/mol. The summed E-state index contributed by atoms with van der Waals surface area (Å²) in [5.41, 5.74) is 0. The fraction of sp³-hybridized carbons (Fsp3) is 0.325. The van der Waals surface area contributed by atoms with Crippen LogP contribution < -0.4 is 37.2 Å². The zero-order valence-corrected chi connectivity index (χ0v) is 30.9. The van der Waals surface area contributed by atoms with E-state index in [1.54, 1.807) is 0 Å². The highest BCUT2D eigenvalue weighted by molar-refractivity contribution is 8.00. The van der Waals surface area contributed by atoms with E-state index in [-0.39, 0.29) is 36.5 Å². The third-order valence-electron chi connectivity index (χ3n) is 9.33. The minimum Gasteiger partial charge on any atom is -0.347 e. The van der Waals surface area contributed by atoms with Gasteiger partial charge in [0, 0.05) is 30.5 Å². The zero-order chi connectivity index (χ0) is 34.5. The lowest BCUT2D eigenvalue weighted by Gasteiger charge is -2.28. The van der Waals surface area contributed by atoms with Gasteiger partial charge in [-0.15, -0.1) is 0 Å². The van der Waals surface area contributed by atoms with E-state index < -0.39 is 15.8 Å². The van der Waals surface area contributed by atoms with E-state index in [1.165, 1.54) is 21.2 Å². The molecule has 0 spiro atoms. The van der Waals surface area contributed by atoms with Gasteiger partial charge in [0.15, 0.2) is 0 Å². The molecule has 3 N–H and O–H groups in total. The van der Waals surface area contributed by atoms with Crippen molar-refractivity contribution in [2.75, 3.05) is 37.7 Å². The molecule has 0 aromatic heterocycles. The molecule has 7 nitrogen and oxygen atoms in total. The van der Waals surface area contributed by atoms with E-state index in [0.717, 1.165) is 37.3 Å². The number of carbonyl (C=O) groups is 3. The Bertz CT molecular complexity index is 1500. The third kappa shape index (κ3) is 9.96. The molecule has 0 unspecified atom stereocenters. The first-order chi connectivity index (χ1) is 24.5. The zero-order valence-electron chi connectivity index (χ0n) is 28.3. The van der Waals surface area contributed by atoms with Crippen molar-refractivity contribution in [1.29, 1.82) is 0 Å². The Hall–Kier alpha value is -3.70. The smallest absolute Gasteiger partial charge is 0.315 e. The van der Waals surface area contributed by atoms with E-state index in [9.17, 15) is 14.4 Å². The molecule has 260 valence electrons. The molecule has 2 aliphatic heterocycles. The average Bonchev–Trinajstić information content (AvgIpc) is 3.72. The van der Waals surface area contributed by atoms with Crippen LogP contribution in [0.2, 0.25) is 0 Å². The van der Waals surface area contributed by atoms with Gasteiger partial charge in [-0.1, -0.05) is 128 Å². The van der Waals surface area contributed by atoms with Crippen LogP contribution in [0.15, 0.2) is 121 Å². The van der Waals surface area contributed by atoms with E-state index in [1.807, 2.05) is 40.9 Å². The first kappa shape index (κ1) is 36.1. The molecule has 4 aromatic carbocycles. The number of urea groups is 1. The van der Waals surface area contributed by atoms with E-state index in [4.69, 9.17) is 0 Å². The normalized spacial score (nSPS) is 18.0. The van der Waals surface area contributed by atoms with Crippen LogP contribution >= 0.6 is 27.6 Å². The number of fused-ring (bicyclic) bond motifs is 1. The highest BCUT2D eigenvalue weighted by atomic mass is 32.2. The van der Waals surface area contributed by atoms with Crippen molar-refractivity contribution < 1.29 is 14.4 Å². The predicted octanol–water partition coefficient (Wildman–Crippen LogP) is 4.92. The number of amides is 4. The lowest BCUT2D eigenvalue weighted by atomic mass is 10.0. The Labute approximate surface area is 302 Å². The van der Waals surface area contributed by atoms with Crippen molar-refractivity contribution in [2.45, 2.75) is 43.0 Å². The molecular formula is C40H46N4O3P2S. The molecule has 0 bridgehead atoms. The Kier molecular flexibility index (Phi) is 13.4. The van der Waals surface area contributed by atoms with Crippen molar-refractivity contribution in [2.24, 2.45) is 0 Å². The fourth-order valence-electron chi connectivity index (χ4n) is 6.70. The Morgan fingerprint density at radius 2 is 1.18 bits per heavy atom. The summed E-state index contributed by atoms with van der Waals surface area (Å²) in [5, 5.41) is 14.5. The number of rotatable bonds is 17. The summed E-state index contributed by atoms with van der Waals surface area (Å²) >= 11 is 1.89. The van der Waals surface area contributed by atoms with Crippen molar-refractivity contribution in [1.82, 2.24) is 20.9 Å². The molecule has 10 heteroatoms. The molecule has 0 saturated carbocycles. The first-order valence-electron chi connectivity index (χ1n) is 17.5. The van der Waals surface area contributed by atoms with Gasteiger partial charge >= 0.3 is 6.03 Å². The second-order valence-electron chi connectivity index (χ2n) is 12.7. The SMILES string of the molecule is O=C(CCCC[C@@H]1SC[C@@H]2NC(=O)N[C@@H]21)NCC(=O)N(CCP(c1ccccc1)c1ccccc1)CCP(c1ccccc1)c1ccccc1. The van der Waals surface area contributed by atoms with Crippen molar-refractivity contribution >= 4 is 66.7 Å². The molecule has 4 amide bonds. The minimum atomic E-state index is -0.669. The van der Waals surface area contributed by atoms with Crippen LogP contribution in [0.5, 0.6) is 0 Å². The van der Waals surface area contributed by atoms with Crippen LogP contribution in [-0.4, -0.2) is 77.8 Å². The number of benzene rings is 4. The summed E-state index contributed by atoms with van der Waals surface area (Å²) in [7, 11) is -1.34. The van der Waals surface area contributed by atoms with Gasteiger partial charge in [-0.3, -0.25) is 9.59 Å². The van der Waals surface area contributed by atoms with Crippen LogP contribution in [0.25, 0.3) is 0 Å². The number of carbonyl (C=O) groups excluding carboxylic acids is 3. The number of nitrogens with zero attached hydrogens (tertiary/aromatic N) is 1. The molecule has 2 fully saturated rings. The van der Waals surface area contributed by atoms with Crippen LogP contribution in [0, 0.1) is 0 Å². The molecule has 50 heavy (non-hydrogen) atoms. The molecule has 2 aliphatic rings. The molecular weight excluding hydrogens is 678 g/mol. The second kappa shape index (κ2) is 18.5. The summed E-state index contributed by atoms with van der Waals surface area (Å²) in [4.78, 5) is 40.5. The molecule has 3 atom stereocenters. The largest absolute Gasteiger partial charge is 0.347 e. The van der Waals surface area contributed by atoms with Crippen LogP contribution in [-0.2, 0) is 9.59 Å². The maximum absolute atomic E-state index is 13.9. The fourth-order valence-corrected chi connectivity index (χ4v) is 12.9. The van der Waals surface area contributed by atoms with Crippen LogP contribution in [0.1, 0.15) is 25.7 Å². The summed E-state index contributed by atoms with van der Waals surface area (Å²) in [6.45, 7) is 1.23. The molecule has 6 rings (SSSR count). The number of thioether (sulfide) groups is 1. The molecule has 0 aliphatic carbocycles. The molecule has 4 aromatic rings. The van der Waals surface area contributed by atoms with Gasteiger partial charge in [0.05, 0.1) is 18.6 Å². The number of hydrogen-bond donors (Lipinski definition) is 3. The number of unbranched alkanes of at least 4 members (excludes halogenated alkanes) is 1. The minimum absolute atomic E-state index is 0.00195. The summed E-state index contributed by atoms with van der Waals surface area (Å²) in [6, 6.07) is 42.8. The Balaban J connectivity index is 1.09. The highest BCUT2D eigenvalue weighted by Gasteiger charge is 2.42. The standard InChI is InChI=1S/C40H46N4O3P2S/c45-37(24-14-13-23-36-39-35(30-50-36)42-40(47)43-39)41-29-38(46)44(25-27-48(31-15-5-1-6-16-31)32-17-7-2-8-18-32)26-28-49(33-19-9-3-10-20-33)34-21-11-4-12-22-34/h1-12,15-22,35-36,39H,13-14,23-30H2,(H,41,45)(H2,42,43,47)/t35-,36-,39-/m0/s1. The van der Waals surface area contributed by atoms with E-state index in [2.05, 4.69) is 113 Å². The maximum atomic E-state index is 13.9. The maximum Gasteiger partial charge on any atom is 0.315 e. The van der Waals surface area contributed by atoms with Gasteiger partial charge in [0.25, 0.3) is 0 Å². The Morgan fingerprint density at radius 3 is 1.66 bits per heavy atom. The van der Waals surface area contributed by atoms with Gasteiger partial charge in [0.2, 0.25) is 11.8 Å². The number of hydrogen-bond acceptors (Lipinski definition) is 4. The summed E-state index contributed by atoms with van der Waals surface area (Å²) in [5.74, 6) is 0.811. The van der Waals surface area contributed by atoms with Gasteiger partial charge in [-0.25, -0.2) is 4.79 Å². The van der Waals surface area contributed by atoms with Crippen molar-refractivity contribution in [3.63, 3.8) is 0 Å². The lowest BCUT2D eigenvalue weighted by molar-refractivity contribution is -0.132. The van der Waals surface area contributed by atoms with E-state index in [0.29, 0.717) is 24.8 Å². The highest BCUT2D eigenvalue weighted by Crippen LogP contribution is 2.36. The first-order valence-corrected chi connectivity index (χ1v) is 21.6. The van der Waals surface area contributed by atoms with Crippen LogP contribution in [0.4, 0.5) is 4.79 Å². The number of nitrogens with one attached hydrogen (secondary N) is 3. The Morgan fingerprint density at radius 1 is 0.700 bits per heavy atom. The average molecular weight is 725 g/mol. The van der Waals surface area contributed by atoms with Gasteiger partial charge in [-0.2, -0.15) is 11.8 Å². The van der Waals surface area contributed by atoms with Gasteiger partial charge < -0.3 is 20.9 Å². The van der Waals surface area contributed by atoms with Crippen LogP contribution in [0.3, 0.4) is 0 Å². The molecule has 2 heterocycles.